The fraction of sp³-hybridized carbons (Fsp3) is 0.538. The quantitative estimate of drug-likeness (QED) is 0.910. The van der Waals surface area contributed by atoms with E-state index < -0.39 is 0 Å². The van der Waals surface area contributed by atoms with Crippen LogP contribution in [0.1, 0.15) is 24.8 Å². The molecule has 1 aromatic carbocycles. The minimum absolute atomic E-state index is 0.419. The molecule has 2 aliphatic heterocycles. The molecule has 17 heavy (non-hydrogen) atoms. The predicted molar refractivity (Wildman–Crippen MR) is 69.6 cm³/mol. The number of hydrogen-bond acceptors (Lipinski definition) is 2. The fourth-order valence-electron chi connectivity index (χ4n) is 2.75. The van der Waals surface area contributed by atoms with Crippen molar-refractivity contribution < 1.29 is 4.74 Å². The average Bonchev–Trinajstić information content (AvgIpc) is 2.92. The van der Waals surface area contributed by atoms with E-state index in [-0.39, 0.29) is 0 Å². The molecule has 2 nitrogen and oxygen atoms in total. The first kappa shape index (κ1) is 11.8. The number of halogens is 2. The van der Waals surface area contributed by atoms with Gasteiger partial charge in [-0.3, -0.25) is 0 Å². The molecule has 2 heterocycles. The number of ether oxygens (including phenoxy) is 1. The van der Waals surface area contributed by atoms with Crippen LogP contribution in [0.4, 0.5) is 0 Å². The molecule has 0 aromatic heterocycles. The number of fused-ring (bicyclic) bond motifs is 2. The van der Waals surface area contributed by atoms with Gasteiger partial charge in [0.15, 0.2) is 0 Å². The highest BCUT2D eigenvalue weighted by Gasteiger charge is 2.40. The summed E-state index contributed by atoms with van der Waals surface area (Å²) in [5.41, 5.74) is 1.17. The topological polar surface area (TPSA) is 21.3 Å². The number of benzene rings is 1. The van der Waals surface area contributed by atoms with Gasteiger partial charge in [0.25, 0.3) is 0 Å². The third kappa shape index (κ3) is 2.45. The Balaban J connectivity index is 1.59. The van der Waals surface area contributed by atoms with Gasteiger partial charge in [-0.15, -0.1) is 0 Å². The maximum atomic E-state index is 5.99. The van der Waals surface area contributed by atoms with Crippen molar-refractivity contribution in [3.05, 3.63) is 33.8 Å². The smallest absolute Gasteiger partial charge is 0.0733 e. The third-order valence-corrected chi connectivity index (χ3v) is 4.40. The molecule has 2 bridgehead atoms. The molecular weight excluding hydrogens is 257 g/mol. The lowest BCUT2D eigenvalue weighted by Crippen LogP contribution is -2.36. The van der Waals surface area contributed by atoms with Crippen LogP contribution in [-0.4, -0.2) is 18.2 Å². The van der Waals surface area contributed by atoms with Crippen LogP contribution in [0.2, 0.25) is 10.0 Å². The van der Waals surface area contributed by atoms with Crippen LogP contribution in [0.25, 0.3) is 0 Å². The van der Waals surface area contributed by atoms with Gasteiger partial charge in [0.2, 0.25) is 0 Å². The summed E-state index contributed by atoms with van der Waals surface area (Å²) in [4.78, 5) is 0. The molecule has 0 saturated carbocycles. The highest BCUT2D eigenvalue weighted by atomic mass is 35.5. The number of nitrogens with one attached hydrogen (secondary N) is 1. The lowest BCUT2D eigenvalue weighted by atomic mass is 9.95. The van der Waals surface area contributed by atoms with Crippen molar-refractivity contribution in [2.45, 2.75) is 44.1 Å². The third-order valence-electron chi connectivity index (χ3n) is 3.66. The normalized spacial score (nSPS) is 31.1. The van der Waals surface area contributed by atoms with Gasteiger partial charge >= 0.3 is 0 Å². The van der Waals surface area contributed by atoms with E-state index in [1.54, 1.807) is 0 Å². The Morgan fingerprint density at radius 3 is 2.76 bits per heavy atom. The van der Waals surface area contributed by atoms with Gasteiger partial charge in [-0.05, 0) is 37.0 Å². The zero-order chi connectivity index (χ0) is 11.8. The van der Waals surface area contributed by atoms with E-state index in [0.29, 0.717) is 28.3 Å². The second kappa shape index (κ2) is 4.77. The summed E-state index contributed by atoms with van der Waals surface area (Å²) < 4.78 is 5.81. The SMILES string of the molecule is Clc1ccc(CNC2CC3CCC2O3)cc1Cl. The van der Waals surface area contributed by atoms with Gasteiger partial charge in [0.1, 0.15) is 0 Å². The van der Waals surface area contributed by atoms with Crippen molar-refractivity contribution in [3.8, 4) is 0 Å². The van der Waals surface area contributed by atoms with E-state index in [4.69, 9.17) is 27.9 Å². The summed E-state index contributed by atoms with van der Waals surface area (Å²) in [5.74, 6) is 0. The van der Waals surface area contributed by atoms with Crippen LogP contribution < -0.4 is 5.32 Å². The number of rotatable bonds is 3. The standard InChI is InChI=1S/C13H15Cl2NO/c14-10-3-1-8(5-11(10)15)7-16-12-6-9-2-4-13(12)17-9/h1,3,5,9,12-13,16H,2,4,6-7H2. The van der Waals surface area contributed by atoms with Crippen LogP contribution in [0.15, 0.2) is 18.2 Å². The van der Waals surface area contributed by atoms with Gasteiger partial charge < -0.3 is 10.1 Å². The second-order valence-electron chi connectivity index (χ2n) is 4.85. The predicted octanol–water partition coefficient (Wildman–Crippen LogP) is 3.40. The van der Waals surface area contributed by atoms with Crippen molar-refractivity contribution in [1.82, 2.24) is 5.32 Å². The van der Waals surface area contributed by atoms with Crippen LogP contribution in [-0.2, 0) is 11.3 Å². The highest BCUT2D eigenvalue weighted by Crippen LogP contribution is 2.34. The monoisotopic (exact) mass is 271 g/mol. The lowest BCUT2D eigenvalue weighted by molar-refractivity contribution is 0.0973. The molecule has 0 amide bonds. The molecule has 1 N–H and O–H groups in total. The highest BCUT2D eigenvalue weighted by molar-refractivity contribution is 6.42. The van der Waals surface area contributed by atoms with Gasteiger partial charge in [0.05, 0.1) is 22.3 Å². The van der Waals surface area contributed by atoms with Crippen LogP contribution in [0.3, 0.4) is 0 Å². The summed E-state index contributed by atoms with van der Waals surface area (Å²) in [6, 6.07) is 6.28. The minimum atomic E-state index is 0.419. The van der Waals surface area contributed by atoms with Crippen LogP contribution in [0.5, 0.6) is 0 Å². The molecule has 3 atom stereocenters. The van der Waals surface area contributed by atoms with Crippen molar-refractivity contribution in [3.63, 3.8) is 0 Å². The molecule has 92 valence electrons. The Morgan fingerprint density at radius 1 is 1.24 bits per heavy atom. The molecule has 3 rings (SSSR count). The summed E-state index contributed by atoms with van der Waals surface area (Å²) in [5, 5.41) is 4.78. The average molecular weight is 272 g/mol. The maximum absolute atomic E-state index is 5.99. The Kier molecular flexibility index (Phi) is 3.31. The summed E-state index contributed by atoms with van der Waals surface area (Å²) in [6.07, 6.45) is 4.49. The van der Waals surface area contributed by atoms with Gasteiger partial charge in [-0.1, -0.05) is 29.3 Å². The maximum Gasteiger partial charge on any atom is 0.0733 e. The van der Waals surface area contributed by atoms with Crippen molar-refractivity contribution in [2.24, 2.45) is 0 Å². The summed E-state index contributed by atoms with van der Waals surface area (Å²) in [6.45, 7) is 0.828. The van der Waals surface area contributed by atoms with Gasteiger partial charge in [-0.2, -0.15) is 0 Å². The van der Waals surface area contributed by atoms with Crippen molar-refractivity contribution >= 4 is 23.2 Å². The van der Waals surface area contributed by atoms with Gasteiger partial charge in [0, 0.05) is 12.6 Å². The first-order valence-electron chi connectivity index (χ1n) is 6.05. The number of hydrogen-bond donors (Lipinski definition) is 1. The molecule has 2 saturated heterocycles. The molecular formula is C13H15Cl2NO. The summed E-state index contributed by atoms with van der Waals surface area (Å²) in [7, 11) is 0. The van der Waals surface area contributed by atoms with Gasteiger partial charge in [-0.25, -0.2) is 0 Å². The first-order chi connectivity index (χ1) is 8.22. The molecule has 4 heteroatoms. The Bertz CT molecular complexity index is 424. The fourth-order valence-corrected chi connectivity index (χ4v) is 3.07. The molecule has 2 fully saturated rings. The molecule has 2 aliphatic rings. The van der Waals surface area contributed by atoms with E-state index in [0.717, 1.165) is 13.0 Å². The molecule has 3 unspecified atom stereocenters. The molecule has 0 aliphatic carbocycles. The van der Waals surface area contributed by atoms with Crippen LogP contribution >= 0.6 is 23.2 Å². The Hall–Kier alpha value is -0.280. The zero-order valence-corrected chi connectivity index (χ0v) is 11.0. The zero-order valence-electron chi connectivity index (χ0n) is 9.46. The molecule has 1 aromatic rings. The summed E-state index contributed by atoms with van der Waals surface area (Å²) >= 11 is 11.9. The van der Waals surface area contributed by atoms with E-state index in [1.165, 1.54) is 18.4 Å². The molecule has 0 spiro atoms. The van der Waals surface area contributed by atoms with Crippen molar-refractivity contribution in [1.29, 1.82) is 0 Å². The van der Waals surface area contributed by atoms with Crippen LogP contribution in [0, 0.1) is 0 Å². The van der Waals surface area contributed by atoms with E-state index in [2.05, 4.69) is 5.32 Å². The second-order valence-corrected chi connectivity index (χ2v) is 5.66. The van der Waals surface area contributed by atoms with E-state index in [9.17, 15) is 0 Å². The lowest BCUT2D eigenvalue weighted by Gasteiger charge is -2.20. The minimum Gasteiger partial charge on any atom is -0.373 e. The molecule has 0 radical (unpaired) electrons. The van der Waals surface area contributed by atoms with E-state index >= 15 is 0 Å². The Morgan fingerprint density at radius 2 is 2.12 bits per heavy atom. The van der Waals surface area contributed by atoms with Crippen molar-refractivity contribution in [2.75, 3.05) is 0 Å². The first-order valence-corrected chi connectivity index (χ1v) is 6.81. The van der Waals surface area contributed by atoms with E-state index in [1.807, 2.05) is 18.2 Å². The largest absolute Gasteiger partial charge is 0.373 e. The Labute approximate surface area is 111 Å².